The van der Waals surface area contributed by atoms with Crippen molar-refractivity contribution in [2.45, 2.75) is 33.6 Å². The first-order chi connectivity index (χ1) is 8.27. The molecule has 1 rings (SSSR count). The highest BCUT2D eigenvalue weighted by atomic mass is 16.2. The Kier molecular flexibility index (Phi) is 4.48. The molecule has 0 spiro atoms. The lowest BCUT2D eigenvalue weighted by Crippen LogP contribution is -2.47. The molecule has 0 bridgehead atoms. The predicted molar refractivity (Wildman–Crippen MR) is 67.8 cm³/mol. The topological polar surface area (TPSA) is 66.5 Å². The van der Waals surface area contributed by atoms with Crippen LogP contribution in [0.1, 0.15) is 33.6 Å². The number of Topliss-reactive ketones (excluding diaryl/α,β-unsaturated/α-hetero) is 1. The van der Waals surface area contributed by atoms with E-state index in [1.54, 1.807) is 0 Å². The molecule has 0 saturated carbocycles. The van der Waals surface area contributed by atoms with Crippen LogP contribution >= 0.6 is 0 Å². The molecule has 2 amide bonds. The number of carbonyl (C=O) groups is 3. The van der Waals surface area contributed by atoms with Crippen LogP contribution in [-0.4, -0.2) is 42.6 Å². The maximum absolute atomic E-state index is 12.1. The van der Waals surface area contributed by atoms with Crippen LogP contribution in [0.4, 0.5) is 0 Å². The minimum absolute atomic E-state index is 0.0127. The Morgan fingerprint density at radius 1 is 1.11 bits per heavy atom. The molecule has 0 unspecified atom stereocenters. The largest absolute Gasteiger partial charge is 0.351 e. The van der Waals surface area contributed by atoms with Gasteiger partial charge in [-0.05, 0) is 12.8 Å². The Labute approximate surface area is 108 Å². The average molecular weight is 254 g/mol. The van der Waals surface area contributed by atoms with Gasteiger partial charge in [-0.1, -0.05) is 20.8 Å². The fourth-order valence-electron chi connectivity index (χ4n) is 2.21. The lowest BCUT2D eigenvalue weighted by atomic mass is 9.79. The fraction of sp³-hybridized carbons (Fsp3) is 0.769. The third-order valence-corrected chi connectivity index (χ3v) is 3.31. The van der Waals surface area contributed by atoms with Crippen molar-refractivity contribution in [1.82, 2.24) is 10.2 Å². The molecule has 1 heterocycles. The van der Waals surface area contributed by atoms with Crippen LogP contribution in [0.3, 0.4) is 0 Å². The zero-order chi connectivity index (χ0) is 13.9. The molecular weight excluding hydrogens is 232 g/mol. The maximum Gasteiger partial charge on any atom is 0.311 e. The number of carbonyl (C=O) groups excluding carboxylic acids is 3. The molecule has 1 saturated heterocycles. The minimum Gasteiger partial charge on any atom is -0.351 e. The zero-order valence-electron chi connectivity index (χ0n) is 11.6. The number of likely N-dealkylation sites (N-methyl/N-ethyl adjacent to an activating group) is 1. The summed E-state index contributed by atoms with van der Waals surface area (Å²) in [6.45, 7) is 6.71. The summed E-state index contributed by atoms with van der Waals surface area (Å²) in [5, 5.41) is 2.32. The summed E-state index contributed by atoms with van der Waals surface area (Å²) in [5.41, 5.74) is -0.336. The Bertz CT molecular complexity index is 350. The number of nitrogens with zero attached hydrogens (tertiary/aromatic N) is 1. The number of hydrogen-bond donors (Lipinski definition) is 1. The molecule has 0 radical (unpaired) electrons. The minimum atomic E-state index is -0.587. The van der Waals surface area contributed by atoms with E-state index in [1.165, 1.54) is 11.9 Å². The Morgan fingerprint density at radius 3 is 2.00 bits per heavy atom. The van der Waals surface area contributed by atoms with Crippen molar-refractivity contribution < 1.29 is 14.4 Å². The summed E-state index contributed by atoms with van der Waals surface area (Å²) >= 11 is 0. The molecule has 1 aliphatic heterocycles. The molecule has 102 valence electrons. The van der Waals surface area contributed by atoms with Gasteiger partial charge in [0, 0.05) is 31.5 Å². The van der Waals surface area contributed by atoms with Crippen LogP contribution in [0.5, 0.6) is 0 Å². The number of rotatable bonds is 1. The van der Waals surface area contributed by atoms with E-state index in [0.717, 1.165) is 0 Å². The molecule has 1 N–H and O–H groups in total. The number of nitrogens with one attached hydrogen (secondary N) is 1. The van der Waals surface area contributed by atoms with Gasteiger partial charge < -0.3 is 10.2 Å². The highest BCUT2D eigenvalue weighted by molar-refractivity contribution is 6.34. The van der Waals surface area contributed by atoms with E-state index in [4.69, 9.17) is 0 Å². The van der Waals surface area contributed by atoms with Gasteiger partial charge in [-0.2, -0.15) is 0 Å². The summed E-state index contributed by atoms with van der Waals surface area (Å²) < 4.78 is 0. The van der Waals surface area contributed by atoms with Crippen molar-refractivity contribution in [1.29, 1.82) is 0 Å². The quantitative estimate of drug-likeness (QED) is 0.696. The number of piperidine rings is 1. The van der Waals surface area contributed by atoms with Gasteiger partial charge in [-0.3, -0.25) is 14.4 Å². The van der Waals surface area contributed by atoms with Crippen molar-refractivity contribution in [3.8, 4) is 0 Å². The van der Waals surface area contributed by atoms with Gasteiger partial charge in [0.15, 0.2) is 0 Å². The first-order valence-corrected chi connectivity index (χ1v) is 6.32. The van der Waals surface area contributed by atoms with Gasteiger partial charge in [0.05, 0.1) is 0 Å². The summed E-state index contributed by atoms with van der Waals surface area (Å²) in [7, 11) is 1.44. The second kappa shape index (κ2) is 5.50. The molecule has 1 fully saturated rings. The number of ketones is 1. The van der Waals surface area contributed by atoms with Crippen molar-refractivity contribution in [3.63, 3.8) is 0 Å². The van der Waals surface area contributed by atoms with E-state index in [0.29, 0.717) is 25.9 Å². The normalized spacial score (nSPS) is 17.4. The standard InChI is InChI=1S/C13H22N2O3/c1-13(2,3)10(16)9-5-7-15(8-6-9)12(18)11(17)14-4/h9H,5-8H2,1-4H3,(H,14,17). The predicted octanol–water partition coefficient (Wildman–Crippen LogP) is 0.586. The van der Waals surface area contributed by atoms with Crippen molar-refractivity contribution in [2.24, 2.45) is 11.3 Å². The second-order valence-electron chi connectivity index (χ2n) is 5.76. The zero-order valence-corrected chi connectivity index (χ0v) is 11.6. The van der Waals surface area contributed by atoms with Gasteiger partial charge in [0.25, 0.3) is 0 Å². The van der Waals surface area contributed by atoms with E-state index in [2.05, 4.69) is 5.32 Å². The number of likely N-dealkylation sites (tertiary alicyclic amines) is 1. The van der Waals surface area contributed by atoms with E-state index < -0.39 is 11.8 Å². The monoisotopic (exact) mass is 254 g/mol. The highest BCUT2D eigenvalue weighted by Crippen LogP contribution is 2.27. The molecule has 5 heteroatoms. The summed E-state index contributed by atoms with van der Waals surface area (Å²) in [6.07, 6.45) is 1.30. The van der Waals surface area contributed by atoms with Crippen LogP contribution in [-0.2, 0) is 14.4 Å². The van der Waals surface area contributed by atoms with Crippen molar-refractivity contribution >= 4 is 17.6 Å². The van der Waals surface area contributed by atoms with Crippen LogP contribution < -0.4 is 5.32 Å². The second-order valence-corrected chi connectivity index (χ2v) is 5.76. The Morgan fingerprint density at radius 2 is 1.61 bits per heavy atom. The average Bonchev–Trinajstić information content (AvgIpc) is 2.35. The fourth-order valence-corrected chi connectivity index (χ4v) is 2.21. The molecule has 0 aromatic heterocycles. The molecule has 0 aromatic carbocycles. The molecule has 0 atom stereocenters. The molecular formula is C13H22N2O3. The van der Waals surface area contributed by atoms with Crippen LogP contribution in [0.15, 0.2) is 0 Å². The van der Waals surface area contributed by atoms with E-state index in [-0.39, 0.29) is 17.1 Å². The third kappa shape index (κ3) is 3.31. The third-order valence-electron chi connectivity index (χ3n) is 3.31. The SMILES string of the molecule is CNC(=O)C(=O)N1CCC(C(=O)C(C)(C)C)CC1. The maximum atomic E-state index is 12.1. The summed E-state index contributed by atoms with van der Waals surface area (Å²) in [6, 6.07) is 0. The summed E-state index contributed by atoms with van der Waals surface area (Å²) in [4.78, 5) is 36.5. The van der Waals surface area contributed by atoms with Crippen LogP contribution in [0.2, 0.25) is 0 Å². The Balaban J connectivity index is 2.54. The lowest BCUT2D eigenvalue weighted by molar-refractivity contribution is -0.147. The van der Waals surface area contributed by atoms with Gasteiger partial charge in [0.1, 0.15) is 5.78 Å². The molecule has 18 heavy (non-hydrogen) atoms. The van der Waals surface area contributed by atoms with Crippen molar-refractivity contribution in [2.75, 3.05) is 20.1 Å². The molecule has 0 aromatic rings. The smallest absolute Gasteiger partial charge is 0.311 e. The van der Waals surface area contributed by atoms with Gasteiger partial charge in [-0.15, -0.1) is 0 Å². The molecule has 5 nitrogen and oxygen atoms in total. The van der Waals surface area contributed by atoms with Gasteiger partial charge in [0.2, 0.25) is 0 Å². The lowest BCUT2D eigenvalue weighted by Gasteiger charge is -2.33. The van der Waals surface area contributed by atoms with Gasteiger partial charge in [-0.25, -0.2) is 0 Å². The summed E-state index contributed by atoms with van der Waals surface area (Å²) in [5.74, 6) is -0.831. The highest BCUT2D eigenvalue weighted by Gasteiger charge is 2.34. The van der Waals surface area contributed by atoms with Crippen LogP contribution in [0, 0.1) is 11.3 Å². The van der Waals surface area contributed by atoms with Gasteiger partial charge >= 0.3 is 11.8 Å². The molecule has 1 aliphatic rings. The number of amides is 2. The first kappa shape index (κ1) is 14.7. The Hall–Kier alpha value is -1.39. The van der Waals surface area contributed by atoms with Crippen molar-refractivity contribution in [3.05, 3.63) is 0 Å². The van der Waals surface area contributed by atoms with Crippen LogP contribution in [0.25, 0.3) is 0 Å². The van der Waals surface area contributed by atoms with E-state index in [9.17, 15) is 14.4 Å². The first-order valence-electron chi connectivity index (χ1n) is 6.32. The molecule has 0 aliphatic carbocycles. The van der Waals surface area contributed by atoms with E-state index in [1.807, 2.05) is 20.8 Å². The number of hydrogen-bond acceptors (Lipinski definition) is 3. The van der Waals surface area contributed by atoms with E-state index >= 15 is 0 Å².